The Morgan fingerprint density at radius 3 is 1.00 bits per heavy atom. The molecule has 1 radical (unpaired) electrons. The van der Waals surface area contributed by atoms with E-state index < -0.39 is 0 Å². The maximum absolute atomic E-state index is 0. The molecule has 0 atom stereocenters. The predicted octanol–water partition coefficient (Wildman–Crippen LogP) is -0.830. The summed E-state index contributed by atoms with van der Waals surface area (Å²) in [6.07, 6.45) is 0. The van der Waals surface area contributed by atoms with Gasteiger partial charge in [0.1, 0.15) is 0 Å². The molecule has 0 aliphatic heterocycles. The Kier molecular flexibility index (Phi) is 126. The molecule has 0 saturated carbocycles. The van der Waals surface area contributed by atoms with Crippen LogP contribution in [0.2, 0.25) is 0 Å². The Morgan fingerprint density at radius 2 is 1.00 bits per heavy atom. The van der Waals surface area contributed by atoms with E-state index >= 15 is 0 Å². The molecule has 0 bridgehead atoms. The predicted molar refractivity (Wildman–Crippen MR) is 3.61 cm³/mol. The molecule has 0 amide bonds. The summed E-state index contributed by atoms with van der Waals surface area (Å²) < 4.78 is 0. The zero-order chi connectivity index (χ0) is 0. The van der Waals surface area contributed by atoms with Crippen LogP contribution in [0, 0.1) is 35.6 Å². The van der Waals surface area contributed by atoms with Gasteiger partial charge in [0.2, 0.25) is 0 Å². The Balaban J connectivity index is 0. The summed E-state index contributed by atoms with van der Waals surface area (Å²) in [5, 5.41) is 0. The van der Waals surface area contributed by atoms with Crippen LogP contribution in [0.25, 0.3) is 0 Å². The zero-order valence-corrected chi connectivity index (χ0v) is 9.72. The third-order valence-electron chi connectivity index (χ3n) is 0. The van der Waals surface area contributed by atoms with Crippen LogP contribution in [0.1, 0.15) is 0 Å². The quantitative estimate of drug-likeness (QED) is 0.523. The van der Waals surface area contributed by atoms with Crippen LogP contribution >= 0.6 is 0 Å². The van der Waals surface area contributed by atoms with Crippen molar-refractivity contribution in [1.82, 2.24) is 0 Å². The van der Waals surface area contributed by atoms with Crippen molar-refractivity contribution < 1.29 is 89.0 Å². The summed E-state index contributed by atoms with van der Waals surface area (Å²) in [6, 6.07) is 0. The van der Waals surface area contributed by atoms with E-state index in [4.69, 9.17) is 0 Å². The normalized spacial score (nSPS) is 0. The van der Waals surface area contributed by atoms with Crippen LogP contribution in [0.5, 0.6) is 0 Å². The summed E-state index contributed by atoms with van der Waals surface area (Å²) in [7, 11) is 0. The van der Waals surface area contributed by atoms with Gasteiger partial charge in [-0.05, 0) is 0 Å². The fourth-order valence-electron chi connectivity index (χ4n) is 0. The second kappa shape index (κ2) is 17.1. The van der Waals surface area contributed by atoms with Crippen LogP contribution in [0.15, 0.2) is 0 Å². The summed E-state index contributed by atoms with van der Waals surface area (Å²) in [5.41, 5.74) is 0. The first-order chi connectivity index (χ1) is 0. The molecular formula is H2LaOTiZr. The Bertz CT molecular complexity index is 8.00. The molecular weight excluding hydrogens is 294 g/mol. The van der Waals surface area contributed by atoms with E-state index in [1.807, 2.05) is 0 Å². The molecule has 1 nitrogen and oxygen atoms in total. The molecule has 2 N–H and O–H groups in total. The van der Waals surface area contributed by atoms with Gasteiger partial charge in [0.05, 0.1) is 0 Å². The van der Waals surface area contributed by atoms with E-state index in [-0.39, 0.29) is 89.0 Å². The van der Waals surface area contributed by atoms with Gasteiger partial charge < -0.3 is 5.48 Å². The number of hydrogen-bond donors (Lipinski definition) is 0. The fourth-order valence-corrected chi connectivity index (χ4v) is 0. The Labute approximate surface area is 87.2 Å². The molecule has 0 aromatic carbocycles. The first kappa shape index (κ1) is 29.5. The van der Waals surface area contributed by atoms with Gasteiger partial charge in [0.25, 0.3) is 0 Å². The molecule has 0 aromatic rings. The van der Waals surface area contributed by atoms with Crippen molar-refractivity contribution >= 4 is 0 Å². The SMILES string of the molecule is O.[La].[Ti].[Zr]. The van der Waals surface area contributed by atoms with E-state index in [9.17, 15) is 0 Å². The molecule has 0 saturated heterocycles. The minimum atomic E-state index is 0. The average molecular weight is 296 g/mol. The third kappa shape index (κ3) is 8.83. The maximum Gasteiger partial charge on any atom is 0 e. The van der Waals surface area contributed by atoms with Crippen molar-refractivity contribution in [3.05, 3.63) is 0 Å². The number of hydrogen-bond acceptors (Lipinski definition) is 0. The smallest absolute Gasteiger partial charge is 0 e. The van der Waals surface area contributed by atoms with Crippen molar-refractivity contribution in [2.24, 2.45) is 0 Å². The van der Waals surface area contributed by atoms with E-state index in [1.54, 1.807) is 0 Å². The molecule has 0 spiro atoms. The van der Waals surface area contributed by atoms with Crippen molar-refractivity contribution in [1.29, 1.82) is 0 Å². The van der Waals surface area contributed by atoms with Gasteiger partial charge >= 0.3 is 0 Å². The summed E-state index contributed by atoms with van der Waals surface area (Å²) in [4.78, 5) is 0. The topological polar surface area (TPSA) is 31.5 Å². The summed E-state index contributed by atoms with van der Waals surface area (Å²) in [5.74, 6) is 0. The van der Waals surface area contributed by atoms with Crippen LogP contribution < -0.4 is 0 Å². The Morgan fingerprint density at radius 1 is 1.00 bits per heavy atom. The maximum atomic E-state index is 0. The third-order valence-corrected chi connectivity index (χ3v) is 0. The van der Waals surface area contributed by atoms with Gasteiger partial charge in [-0.2, -0.15) is 0 Å². The van der Waals surface area contributed by atoms with E-state index in [2.05, 4.69) is 0 Å². The average Bonchev–Trinajstić information content (AvgIpc) is 0. The van der Waals surface area contributed by atoms with Gasteiger partial charge in [-0.15, -0.1) is 0 Å². The van der Waals surface area contributed by atoms with E-state index in [0.29, 0.717) is 0 Å². The molecule has 4 heteroatoms. The minimum absolute atomic E-state index is 0. The molecule has 0 aliphatic rings. The molecule has 0 rings (SSSR count). The molecule has 4 heavy (non-hydrogen) atoms. The van der Waals surface area contributed by atoms with Gasteiger partial charge in [0, 0.05) is 83.5 Å². The molecule has 19 valence electrons. The number of rotatable bonds is 0. The van der Waals surface area contributed by atoms with E-state index in [1.165, 1.54) is 0 Å². The van der Waals surface area contributed by atoms with Gasteiger partial charge in [-0.25, -0.2) is 0 Å². The molecule has 0 heterocycles. The second-order valence-electron chi connectivity index (χ2n) is 0. The summed E-state index contributed by atoms with van der Waals surface area (Å²) in [6.45, 7) is 0. The molecule has 0 aliphatic carbocycles. The summed E-state index contributed by atoms with van der Waals surface area (Å²) >= 11 is 0. The van der Waals surface area contributed by atoms with Crippen LogP contribution in [0.4, 0.5) is 0 Å². The van der Waals surface area contributed by atoms with E-state index in [0.717, 1.165) is 0 Å². The van der Waals surface area contributed by atoms with Crippen molar-refractivity contribution in [2.45, 2.75) is 0 Å². The molecule has 0 aromatic heterocycles. The fraction of sp³-hybridized carbons (Fsp3) is 0. The van der Waals surface area contributed by atoms with Crippen LogP contribution in [-0.4, -0.2) is 5.48 Å². The van der Waals surface area contributed by atoms with Gasteiger partial charge in [-0.3, -0.25) is 0 Å². The minimum Gasteiger partial charge on any atom is -0.412 e. The second-order valence-corrected chi connectivity index (χ2v) is 0. The van der Waals surface area contributed by atoms with Crippen molar-refractivity contribution in [3.63, 3.8) is 0 Å². The van der Waals surface area contributed by atoms with Crippen LogP contribution in [0.3, 0.4) is 0 Å². The largest absolute Gasteiger partial charge is 0.412 e. The monoisotopic (exact) mass is 295 g/mol. The molecule has 0 unspecified atom stereocenters. The van der Waals surface area contributed by atoms with Crippen molar-refractivity contribution in [3.8, 4) is 0 Å². The Hall–Kier alpha value is 2.75. The standard InChI is InChI=1S/La.H2O.Ti.Zr/h;1H2;;. The first-order valence-electron chi connectivity index (χ1n) is 0. The first-order valence-corrected chi connectivity index (χ1v) is 0. The van der Waals surface area contributed by atoms with Gasteiger partial charge in [-0.1, -0.05) is 0 Å². The van der Waals surface area contributed by atoms with Crippen molar-refractivity contribution in [2.75, 3.05) is 0 Å². The van der Waals surface area contributed by atoms with Crippen LogP contribution in [-0.2, 0) is 47.9 Å². The zero-order valence-electron chi connectivity index (χ0n) is 2.08. The molecule has 0 fully saturated rings. The van der Waals surface area contributed by atoms with Gasteiger partial charge in [0.15, 0.2) is 0 Å².